The van der Waals surface area contributed by atoms with Gasteiger partial charge >= 0.3 is 0 Å². The summed E-state index contributed by atoms with van der Waals surface area (Å²) in [5, 5.41) is -0.209. The highest BCUT2D eigenvalue weighted by molar-refractivity contribution is 8.14. The molecule has 0 amide bonds. The van der Waals surface area contributed by atoms with E-state index in [1.165, 1.54) is 0 Å². The summed E-state index contributed by atoms with van der Waals surface area (Å²) in [4.78, 5) is 0. The number of hydrogen-bond donors (Lipinski definition) is 0. The first-order valence-electron chi connectivity index (χ1n) is 3.52. The third-order valence-electron chi connectivity index (χ3n) is 2.64. The van der Waals surface area contributed by atoms with Crippen LogP contribution in [0.1, 0.15) is 19.3 Å². The second-order valence-electron chi connectivity index (χ2n) is 3.25. The Morgan fingerprint density at radius 3 is 2.20 bits per heavy atom. The molecule has 2 fully saturated rings. The molecule has 10 heavy (non-hydrogen) atoms. The Balaban J connectivity index is 2.20. The molecular weight excluding hydrogens is 172 g/mol. The Morgan fingerprint density at radius 2 is 2.00 bits per heavy atom. The molecule has 0 aromatic rings. The largest absolute Gasteiger partial charge is 0.235 e. The van der Waals surface area contributed by atoms with Gasteiger partial charge in [0.1, 0.15) is 0 Å². The van der Waals surface area contributed by atoms with Crippen molar-refractivity contribution in [2.24, 2.45) is 11.8 Å². The van der Waals surface area contributed by atoms with Crippen molar-refractivity contribution in [2.75, 3.05) is 0 Å². The number of rotatable bonds is 1. The number of halogens is 1. The maximum atomic E-state index is 10.8. The highest BCUT2D eigenvalue weighted by Crippen LogP contribution is 2.54. The van der Waals surface area contributed by atoms with E-state index in [0.29, 0.717) is 11.8 Å². The van der Waals surface area contributed by atoms with Crippen molar-refractivity contribution >= 4 is 19.7 Å². The zero-order valence-corrected chi connectivity index (χ0v) is 7.03. The van der Waals surface area contributed by atoms with Crippen LogP contribution in [-0.2, 0) is 9.05 Å². The molecule has 2 nitrogen and oxygen atoms in total. The van der Waals surface area contributed by atoms with Gasteiger partial charge in [0, 0.05) is 10.7 Å². The van der Waals surface area contributed by atoms with E-state index < -0.39 is 9.05 Å². The third-order valence-corrected chi connectivity index (χ3v) is 4.63. The summed E-state index contributed by atoms with van der Waals surface area (Å²) in [6.07, 6.45) is 2.96. The molecule has 3 atom stereocenters. The highest BCUT2D eigenvalue weighted by atomic mass is 35.7. The predicted octanol–water partition coefficient (Wildman–Crippen LogP) is 1.35. The minimum atomic E-state index is -3.24. The average Bonchev–Trinajstić information content (AvgIpc) is 2.40. The molecule has 2 rings (SSSR count). The molecule has 0 aromatic heterocycles. The Morgan fingerprint density at radius 1 is 1.30 bits per heavy atom. The molecule has 0 spiro atoms. The Bertz CT molecular complexity index is 246. The second-order valence-corrected chi connectivity index (χ2v) is 6.10. The quantitative estimate of drug-likeness (QED) is 0.571. The van der Waals surface area contributed by atoms with E-state index in [1.807, 2.05) is 0 Å². The molecule has 0 saturated heterocycles. The van der Waals surface area contributed by atoms with Crippen molar-refractivity contribution in [3.63, 3.8) is 0 Å². The number of hydrogen-bond acceptors (Lipinski definition) is 2. The monoisotopic (exact) mass is 180 g/mol. The smallest absolute Gasteiger partial charge is 0.212 e. The van der Waals surface area contributed by atoms with Crippen molar-refractivity contribution in [1.82, 2.24) is 0 Å². The fourth-order valence-corrected chi connectivity index (χ4v) is 3.83. The van der Waals surface area contributed by atoms with Crippen molar-refractivity contribution in [2.45, 2.75) is 24.5 Å². The van der Waals surface area contributed by atoms with Crippen molar-refractivity contribution in [3.8, 4) is 0 Å². The first-order valence-corrected chi connectivity index (χ1v) is 5.90. The van der Waals surface area contributed by atoms with E-state index in [0.717, 1.165) is 19.3 Å². The molecule has 0 aromatic carbocycles. The summed E-state index contributed by atoms with van der Waals surface area (Å²) in [6.45, 7) is 0. The van der Waals surface area contributed by atoms with E-state index in [2.05, 4.69) is 0 Å². The van der Waals surface area contributed by atoms with Gasteiger partial charge in [0.2, 0.25) is 9.05 Å². The molecule has 0 heterocycles. The first kappa shape index (κ1) is 6.92. The van der Waals surface area contributed by atoms with Crippen LogP contribution < -0.4 is 0 Å². The van der Waals surface area contributed by atoms with Crippen LogP contribution in [0.2, 0.25) is 0 Å². The van der Waals surface area contributed by atoms with E-state index in [9.17, 15) is 8.42 Å². The van der Waals surface area contributed by atoms with Gasteiger partial charge in [0.15, 0.2) is 0 Å². The van der Waals surface area contributed by atoms with Gasteiger partial charge in [-0.3, -0.25) is 0 Å². The van der Waals surface area contributed by atoms with Crippen LogP contribution in [0.3, 0.4) is 0 Å². The van der Waals surface area contributed by atoms with Crippen LogP contribution in [0.4, 0.5) is 0 Å². The second kappa shape index (κ2) is 1.89. The molecule has 0 N–H and O–H groups in total. The molecule has 58 valence electrons. The standard InChI is InChI=1S/C6H9ClO2S/c7-10(8,9)6-2-1-4-3-5(4)6/h4-6H,1-3H2. The molecule has 2 aliphatic carbocycles. The summed E-state index contributed by atoms with van der Waals surface area (Å²) in [5.41, 5.74) is 0. The number of fused-ring (bicyclic) bond motifs is 1. The van der Waals surface area contributed by atoms with Crippen LogP contribution in [-0.4, -0.2) is 13.7 Å². The lowest BCUT2D eigenvalue weighted by Gasteiger charge is -2.04. The van der Waals surface area contributed by atoms with Crippen LogP contribution in [0, 0.1) is 11.8 Å². The van der Waals surface area contributed by atoms with E-state index in [1.54, 1.807) is 0 Å². The lowest BCUT2D eigenvalue weighted by Crippen LogP contribution is -2.14. The lowest BCUT2D eigenvalue weighted by atomic mass is 10.2. The summed E-state index contributed by atoms with van der Waals surface area (Å²) in [7, 11) is 2.00. The molecule has 0 aliphatic heterocycles. The molecule has 0 bridgehead atoms. The summed E-state index contributed by atoms with van der Waals surface area (Å²) < 4.78 is 21.7. The minimum absolute atomic E-state index is 0.209. The van der Waals surface area contributed by atoms with Crippen molar-refractivity contribution < 1.29 is 8.42 Å². The SMILES string of the molecule is O=S(=O)(Cl)C1CCC2CC21. The Kier molecular flexibility index (Phi) is 1.30. The summed E-state index contributed by atoms with van der Waals surface area (Å²) in [6, 6.07) is 0. The molecule has 0 radical (unpaired) electrons. The molecule has 2 aliphatic rings. The summed E-state index contributed by atoms with van der Waals surface area (Å²) >= 11 is 0. The molecule has 3 unspecified atom stereocenters. The highest BCUT2D eigenvalue weighted by Gasteiger charge is 2.52. The van der Waals surface area contributed by atoms with Crippen LogP contribution in [0.5, 0.6) is 0 Å². The Hall–Kier alpha value is 0.240. The van der Waals surface area contributed by atoms with Gasteiger partial charge in [-0.15, -0.1) is 0 Å². The third kappa shape index (κ3) is 0.957. The minimum Gasteiger partial charge on any atom is -0.212 e. The van der Waals surface area contributed by atoms with E-state index in [4.69, 9.17) is 10.7 Å². The molecule has 4 heteroatoms. The summed E-state index contributed by atoms with van der Waals surface area (Å²) in [5.74, 6) is 1.11. The van der Waals surface area contributed by atoms with Gasteiger partial charge < -0.3 is 0 Å². The van der Waals surface area contributed by atoms with Gasteiger partial charge in [0.05, 0.1) is 5.25 Å². The fraction of sp³-hybridized carbons (Fsp3) is 1.00. The first-order chi connectivity index (χ1) is 4.59. The van der Waals surface area contributed by atoms with Gasteiger partial charge in [-0.05, 0) is 31.1 Å². The molecule has 2 saturated carbocycles. The van der Waals surface area contributed by atoms with Crippen molar-refractivity contribution in [3.05, 3.63) is 0 Å². The van der Waals surface area contributed by atoms with Gasteiger partial charge in [0.25, 0.3) is 0 Å². The van der Waals surface area contributed by atoms with Crippen LogP contribution >= 0.6 is 10.7 Å². The Labute approximate surface area is 65.0 Å². The van der Waals surface area contributed by atoms with Gasteiger partial charge in [-0.25, -0.2) is 8.42 Å². The van der Waals surface area contributed by atoms with Crippen molar-refractivity contribution in [1.29, 1.82) is 0 Å². The topological polar surface area (TPSA) is 34.1 Å². The van der Waals surface area contributed by atoms with Gasteiger partial charge in [-0.1, -0.05) is 0 Å². The van der Waals surface area contributed by atoms with Gasteiger partial charge in [-0.2, -0.15) is 0 Å². The zero-order chi connectivity index (χ0) is 7.35. The predicted molar refractivity (Wildman–Crippen MR) is 39.4 cm³/mol. The fourth-order valence-electron chi connectivity index (χ4n) is 2.00. The maximum Gasteiger partial charge on any atom is 0.235 e. The average molecular weight is 181 g/mol. The lowest BCUT2D eigenvalue weighted by molar-refractivity contribution is 0.584. The van der Waals surface area contributed by atoms with E-state index in [-0.39, 0.29) is 5.25 Å². The zero-order valence-electron chi connectivity index (χ0n) is 5.46. The molecular formula is C6H9ClO2S. The maximum absolute atomic E-state index is 10.8. The van der Waals surface area contributed by atoms with Crippen LogP contribution in [0.25, 0.3) is 0 Å². The van der Waals surface area contributed by atoms with E-state index >= 15 is 0 Å². The normalized spacial score (nSPS) is 45.1. The van der Waals surface area contributed by atoms with Crippen LogP contribution in [0.15, 0.2) is 0 Å².